The average molecular weight is 333 g/mol. The second kappa shape index (κ2) is 6.40. The maximum Gasteiger partial charge on any atom is 0.268 e. The number of benzene rings is 2. The van der Waals surface area contributed by atoms with Gasteiger partial charge < -0.3 is 15.4 Å². The standard InChI is InChI=1S/C17H14ClFN2O2/c18-12-3-1-10(2-4-12)16(9-22)21-17(23)15-8-11-7-13(19)5-6-14(11)20-15/h1-8,16,20,22H,9H2,(H,21,23). The van der Waals surface area contributed by atoms with Crippen LogP contribution in [0.1, 0.15) is 22.1 Å². The van der Waals surface area contributed by atoms with E-state index in [1.54, 1.807) is 36.4 Å². The number of amides is 1. The van der Waals surface area contributed by atoms with Crippen molar-refractivity contribution >= 4 is 28.4 Å². The van der Waals surface area contributed by atoms with Gasteiger partial charge in [-0.1, -0.05) is 23.7 Å². The second-order valence-corrected chi connectivity index (χ2v) is 5.61. The lowest BCUT2D eigenvalue weighted by atomic mass is 10.1. The monoisotopic (exact) mass is 332 g/mol. The van der Waals surface area contributed by atoms with Crippen molar-refractivity contribution in [3.8, 4) is 0 Å². The van der Waals surface area contributed by atoms with Gasteiger partial charge in [-0.15, -0.1) is 0 Å². The lowest BCUT2D eigenvalue weighted by molar-refractivity contribution is 0.0912. The fraction of sp³-hybridized carbons (Fsp3) is 0.118. The van der Waals surface area contributed by atoms with Crippen molar-refractivity contribution in [1.29, 1.82) is 0 Å². The van der Waals surface area contributed by atoms with E-state index in [0.717, 1.165) is 5.56 Å². The highest BCUT2D eigenvalue weighted by atomic mass is 35.5. The summed E-state index contributed by atoms with van der Waals surface area (Å²) in [6, 6.07) is 12.1. The van der Waals surface area contributed by atoms with E-state index >= 15 is 0 Å². The molecule has 0 spiro atoms. The molecule has 2 aromatic carbocycles. The van der Waals surface area contributed by atoms with Crippen LogP contribution in [0.25, 0.3) is 10.9 Å². The van der Waals surface area contributed by atoms with Crippen molar-refractivity contribution < 1.29 is 14.3 Å². The number of halogens is 2. The van der Waals surface area contributed by atoms with E-state index in [-0.39, 0.29) is 18.3 Å². The van der Waals surface area contributed by atoms with Gasteiger partial charge in [-0.25, -0.2) is 4.39 Å². The van der Waals surface area contributed by atoms with Crippen molar-refractivity contribution in [2.45, 2.75) is 6.04 Å². The molecule has 1 unspecified atom stereocenters. The lowest BCUT2D eigenvalue weighted by Crippen LogP contribution is -2.30. The van der Waals surface area contributed by atoms with Crippen molar-refractivity contribution in [2.75, 3.05) is 6.61 Å². The number of aliphatic hydroxyl groups excluding tert-OH is 1. The molecule has 0 aliphatic rings. The number of fused-ring (bicyclic) bond motifs is 1. The number of aromatic amines is 1. The van der Waals surface area contributed by atoms with Crippen LogP contribution < -0.4 is 5.32 Å². The first-order valence-corrected chi connectivity index (χ1v) is 7.40. The van der Waals surface area contributed by atoms with Crippen LogP contribution >= 0.6 is 11.6 Å². The maximum atomic E-state index is 13.2. The molecule has 0 saturated heterocycles. The van der Waals surface area contributed by atoms with Crippen LogP contribution in [-0.2, 0) is 0 Å². The highest BCUT2D eigenvalue weighted by molar-refractivity contribution is 6.30. The van der Waals surface area contributed by atoms with Gasteiger partial charge in [0.2, 0.25) is 0 Å². The Hall–Kier alpha value is -2.37. The van der Waals surface area contributed by atoms with Crippen molar-refractivity contribution in [1.82, 2.24) is 10.3 Å². The van der Waals surface area contributed by atoms with Crippen molar-refractivity contribution in [3.63, 3.8) is 0 Å². The van der Waals surface area contributed by atoms with Crippen LogP contribution in [-0.4, -0.2) is 22.6 Å². The summed E-state index contributed by atoms with van der Waals surface area (Å²) < 4.78 is 13.2. The number of aliphatic hydroxyl groups is 1. The summed E-state index contributed by atoms with van der Waals surface area (Å²) in [5.74, 6) is -0.742. The second-order valence-electron chi connectivity index (χ2n) is 5.17. The minimum absolute atomic E-state index is 0.248. The number of nitrogens with one attached hydrogen (secondary N) is 2. The normalized spacial score (nSPS) is 12.3. The van der Waals surface area contributed by atoms with Gasteiger partial charge >= 0.3 is 0 Å². The van der Waals surface area contributed by atoms with Gasteiger partial charge in [-0.2, -0.15) is 0 Å². The molecule has 6 heteroatoms. The summed E-state index contributed by atoms with van der Waals surface area (Å²) in [4.78, 5) is 15.3. The molecule has 0 saturated carbocycles. The van der Waals surface area contributed by atoms with Gasteiger partial charge in [0.05, 0.1) is 12.6 Å². The average Bonchev–Trinajstić information content (AvgIpc) is 2.96. The lowest BCUT2D eigenvalue weighted by Gasteiger charge is -2.16. The van der Waals surface area contributed by atoms with Crippen LogP contribution in [0.15, 0.2) is 48.5 Å². The van der Waals surface area contributed by atoms with Gasteiger partial charge in [-0.3, -0.25) is 4.79 Å². The summed E-state index contributed by atoms with van der Waals surface area (Å²) >= 11 is 5.83. The molecule has 4 nitrogen and oxygen atoms in total. The van der Waals surface area contributed by atoms with Crippen LogP contribution in [0.4, 0.5) is 4.39 Å². The number of H-pyrrole nitrogens is 1. The predicted octanol–water partition coefficient (Wildman–Crippen LogP) is 3.42. The highest BCUT2D eigenvalue weighted by Crippen LogP contribution is 2.19. The molecule has 3 aromatic rings. The number of carbonyl (C=O) groups is 1. The van der Waals surface area contributed by atoms with E-state index in [1.807, 2.05) is 0 Å². The maximum absolute atomic E-state index is 13.2. The van der Waals surface area contributed by atoms with Gasteiger partial charge in [-0.05, 0) is 42.0 Å². The zero-order chi connectivity index (χ0) is 16.4. The summed E-state index contributed by atoms with van der Waals surface area (Å²) in [7, 11) is 0. The highest BCUT2D eigenvalue weighted by Gasteiger charge is 2.16. The Kier molecular flexibility index (Phi) is 4.32. The van der Waals surface area contributed by atoms with E-state index in [2.05, 4.69) is 10.3 Å². The summed E-state index contributed by atoms with van der Waals surface area (Å²) in [5, 5.41) is 13.4. The van der Waals surface area contributed by atoms with Crippen LogP contribution in [0.5, 0.6) is 0 Å². The Balaban J connectivity index is 1.82. The van der Waals surface area contributed by atoms with Crippen molar-refractivity contribution in [2.24, 2.45) is 0 Å². The Morgan fingerprint density at radius 1 is 1.22 bits per heavy atom. The van der Waals surface area contributed by atoms with E-state index in [4.69, 9.17) is 11.6 Å². The number of rotatable bonds is 4. The largest absolute Gasteiger partial charge is 0.394 e. The third kappa shape index (κ3) is 3.36. The van der Waals surface area contributed by atoms with Crippen LogP contribution in [0, 0.1) is 5.82 Å². The van der Waals surface area contributed by atoms with Crippen molar-refractivity contribution in [3.05, 3.63) is 70.6 Å². The third-order valence-electron chi connectivity index (χ3n) is 3.59. The molecule has 23 heavy (non-hydrogen) atoms. The molecule has 3 N–H and O–H groups in total. The van der Waals surface area contributed by atoms with Gasteiger partial charge in [0.1, 0.15) is 11.5 Å². The van der Waals surface area contributed by atoms with E-state index in [1.165, 1.54) is 12.1 Å². The molecule has 0 fully saturated rings. The Morgan fingerprint density at radius 3 is 2.65 bits per heavy atom. The molecule has 0 bridgehead atoms. The molecule has 1 heterocycles. The molecule has 1 amide bonds. The molecule has 0 radical (unpaired) electrons. The molecule has 0 aliphatic carbocycles. The first-order valence-electron chi connectivity index (χ1n) is 7.02. The molecule has 1 atom stereocenters. The summed E-state index contributed by atoms with van der Waals surface area (Å²) in [5.41, 5.74) is 1.72. The molecular formula is C17H14ClFN2O2. The van der Waals surface area contributed by atoms with E-state index < -0.39 is 6.04 Å². The fourth-order valence-corrected chi connectivity index (χ4v) is 2.52. The van der Waals surface area contributed by atoms with Crippen LogP contribution in [0.2, 0.25) is 5.02 Å². The Morgan fingerprint density at radius 2 is 1.96 bits per heavy atom. The number of hydrogen-bond donors (Lipinski definition) is 3. The SMILES string of the molecule is O=C(NC(CO)c1ccc(Cl)cc1)c1cc2cc(F)ccc2[nH]1. The first kappa shape index (κ1) is 15.5. The fourth-order valence-electron chi connectivity index (χ4n) is 2.39. The third-order valence-corrected chi connectivity index (χ3v) is 3.84. The van der Waals surface area contributed by atoms with Gasteiger partial charge in [0.25, 0.3) is 5.91 Å². The van der Waals surface area contributed by atoms with Gasteiger partial charge in [0.15, 0.2) is 0 Å². The van der Waals surface area contributed by atoms with E-state index in [9.17, 15) is 14.3 Å². The zero-order valence-electron chi connectivity index (χ0n) is 12.0. The smallest absolute Gasteiger partial charge is 0.268 e. The Bertz CT molecular complexity index is 845. The minimum Gasteiger partial charge on any atom is -0.394 e. The number of hydrogen-bond acceptors (Lipinski definition) is 2. The van der Waals surface area contributed by atoms with Crippen LogP contribution in [0.3, 0.4) is 0 Å². The summed E-state index contributed by atoms with van der Waals surface area (Å²) in [6.45, 7) is -0.248. The molecule has 118 valence electrons. The molecule has 3 rings (SSSR count). The molecular weight excluding hydrogens is 319 g/mol. The van der Waals surface area contributed by atoms with Gasteiger partial charge in [0, 0.05) is 15.9 Å². The molecule has 0 aliphatic heterocycles. The minimum atomic E-state index is -0.553. The predicted molar refractivity (Wildman–Crippen MR) is 87.0 cm³/mol. The topological polar surface area (TPSA) is 65.1 Å². The number of carbonyl (C=O) groups excluding carboxylic acids is 1. The molecule has 1 aromatic heterocycles. The number of aromatic nitrogens is 1. The zero-order valence-corrected chi connectivity index (χ0v) is 12.8. The van der Waals surface area contributed by atoms with E-state index in [0.29, 0.717) is 21.6 Å². The summed E-state index contributed by atoms with van der Waals surface area (Å²) in [6.07, 6.45) is 0. The Labute approximate surface area is 136 Å². The quantitative estimate of drug-likeness (QED) is 0.685. The first-order chi connectivity index (χ1) is 11.1.